The highest BCUT2D eigenvalue weighted by Crippen LogP contribution is 2.08. The van der Waals surface area contributed by atoms with E-state index in [2.05, 4.69) is 57.4 Å². The number of guanidine groups is 1. The zero-order chi connectivity index (χ0) is 18.6. The first kappa shape index (κ1) is 20.0. The predicted octanol–water partition coefficient (Wildman–Crippen LogP) is 2.55. The van der Waals surface area contributed by atoms with Crippen LogP contribution in [0, 0.1) is 0 Å². The van der Waals surface area contributed by atoms with Crippen molar-refractivity contribution in [1.82, 2.24) is 15.5 Å². The lowest BCUT2D eigenvalue weighted by Crippen LogP contribution is -2.40. The first-order valence-electron chi connectivity index (χ1n) is 8.94. The van der Waals surface area contributed by atoms with Crippen LogP contribution in [0.2, 0.25) is 0 Å². The summed E-state index contributed by atoms with van der Waals surface area (Å²) in [5, 5.41) is 8.75. The fraction of sp³-hybridized carbons (Fsp3) is 0.400. The molecule has 0 spiro atoms. The van der Waals surface area contributed by atoms with E-state index in [9.17, 15) is 4.79 Å². The Kier molecular flexibility index (Phi) is 8.69. The number of rotatable bonds is 9. The lowest BCUT2D eigenvalue weighted by molar-refractivity contribution is -0.127. The van der Waals surface area contributed by atoms with E-state index in [-0.39, 0.29) is 12.5 Å². The molecule has 0 unspecified atom stereocenters. The molecular weight excluding hydrogens is 344 g/mol. The Bertz CT molecular complexity index is 668. The van der Waals surface area contributed by atoms with E-state index in [1.165, 1.54) is 10.4 Å². The van der Waals surface area contributed by atoms with Gasteiger partial charge in [0.15, 0.2) is 5.96 Å². The molecule has 2 rings (SSSR count). The van der Waals surface area contributed by atoms with Crippen LogP contribution in [0.1, 0.15) is 16.9 Å². The van der Waals surface area contributed by atoms with Gasteiger partial charge in [-0.25, -0.2) is 4.99 Å². The predicted molar refractivity (Wildman–Crippen MR) is 110 cm³/mol. The zero-order valence-corrected chi connectivity index (χ0v) is 16.4. The lowest BCUT2D eigenvalue weighted by atomic mass is 10.1. The van der Waals surface area contributed by atoms with Gasteiger partial charge in [-0.15, -0.1) is 11.3 Å². The SMILES string of the molecule is CN(C)C(=O)CN=C(NCCCc1ccccc1)NCCc1cccs1. The van der Waals surface area contributed by atoms with E-state index in [4.69, 9.17) is 0 Å². The number of benzene rings is 1. The zero-order valence-electron chi connectivity index (χ0n) is 15.6. The summed E-state index contributed by atoms with van der Waals surface area (Å²) in [7, 11) is 3.49. The van der Waals surface area contributed by atoms with Crippen molar-refractivity contribution in [2.75, 3.05) is 33.7 Å². The standard InChI is InChI=1S/C20H28N4OS/c1-24(2)19(25)16-23-20(22-14-12-18-11-7-15-26-18)21-13-6-10-17-8-4-3-5-9-17/h3-5,7-9,11,15H,6,10,12-14,16H2,1-2H3,(H2,21,22,23). The van der Waals surface area contributed by atoms with Gasteiger partial charge >= 0.3 is 0 Å². The van der Waals surface area contributed by atoms with Crippen LogP contribution < -0.4 is 10.6 Å². The first-order valence-corrected chi connectivity index (χ1v) is 9.82. The smallest absolute Gasteiger partial charge is 0.243 e. The lowest BCUT2D eigenvalue weighted by Gasteiger charge is -2.13. The van der Waals surface area contributed by atoms with Gasteiger partial charge in [-0.3, -0.25) is 4.79 Å². The normalized spacial score (nSPS) is 11.2. The van der Waals surface area contributed by atoms with Gasteiger partial charge in [0.25, 0.3) is 0 Å². The summed E-state index contributed by atoms with van der Waals surface area (Å²) in [6.45, 7) is 1.76. The second kappa shape index (κ2) is 11.3. The molecule has 5 nitrogen and oxygen atoms in total. The summed E-state index contributed by atoms with van der Waals surface area (Å²) in [6, 6.07) is 14.6. The van der Waals surface area contributed by atoms with Crippen LogP contribution in [0.5, 0.6) is 0 Å². The highest BCUT2D eigenvalue weighted by atomic mass is 32.1. The third-order valence-corrected chi connectivity index (χ3v) is 4.83. The van der Waals surface area contributed by atoms with Gasteiger partial charge in [0, 0.05) is 32.1 Å². The maximum atomic E-state index is 11.8. The summed E-state index contributed by atoms with van der Waals surface area (Å²) in [5.74, 6) is 0.693. The van der Waals surface area contributed by atoms with Gasteiger partial charge in [-0.05, 0) is 36.3 Å². The Morgan fingerprint density at radius 1 is 1.04 bits per heavy atom. The van der Waals surface area contributed by atoms with Crippen molar-refractivity contribution in [3.8, 4) is 0 Å². The molecule has 0 bridgehead atoms. The molecule has 1 aromatic heterocycles. The number of hydrogen-bond donors (Lipinski definition) is 2. The van der Waals surface area contributed by atoms with Crippen molar-refractivity contribution in [1.29, 1.82) is 0 Å². The topological polar surface area (TPSA) is 56.7 Å². The molecule has 0 aliphatic carbocycles. The first-order chi connectivity index (χ1) is 12.6. The molecule has 140 valence electrons. The van der Waals surface area contributed by atoms with E-state index in [0.717, 1.165) is 32.4 Å². The summed E-state index contributed by atoms with van der Waals surface area (Å²) in [6.07, 6.45) is 2.98. The molecule has 0 aliphatic rings. The molecule has 0 radical (unpaired) electrons. The second-order valence-corrected chi connectivity index (χ2v) is 7.26. The van der Waals surface area contributed by atoms with Crippen LogP contribution in [0.25, 0.3) is 0 Å². The quantitative estimate of drug-likeness (QED) is 0.404. The summed E-state index contributed by atoms with van der Waals surface area (Å²) < 4.78 is 0. The van der Waals surface area contributed by atoms with Crippen molar-refractivity contribution < 1.29 is 4.79 Å². The van der Waals surface area contributed by atoms with Crippen molar-refractivity contribution >= 4 is 23.2 Å². The fourth-order valence-corrected chi connectivity index (χ4v) is 3.07. The number of aryl methyl sites for hydroxylation is 1. The molecule has 2 N–H and O–H groups in total. The van der Waals surface area contributed by atoms with Gasteiger partial charge in [-0.2, -0.15) is 0 Å². The van der Waals surface area contributed by atoms with E-state index >= 15 is 0 Å². The molecule has 0 fully saturated rings. The summed E-state index contributed by atoms with van der Waals surface area (Å²) >= 11 is 1.75. The number of carbonyl (C=O) groups excluding carboxylic acids is 1. The average molecular weight is 373 g/mol. The van der Waals surface area contributed by atoms with Crippen LogP contribution in [0.4, 0.5) is 0 Å². The molecular formula is C20H28N4OS. The van der Waals surface area contributed by atoms with Crippen molar-refractivity contribution in [3.05, 3.63) is 58.3 Å². The highest BCUT2D eigenvalue weighted by molar-refractivity contribution is 7.09. The van der Waals surface area contributed by atoms with Gasteiger partial charge in [-0.1, -0.05) is 36.4 Å². The summed E-state index contributed by atoms with van der Waals surface area (Å²) in [4.78, 5) is 19.1. The number of amides is 1. The number of thiophene rings is 1. The van der Waals surface area contributed by atoms with Gasteiger partial charge in [0.2, 0.25) is 5.91 Å². The minimum absolute atomic E-state index is 0.00589. The third kappa shape index (κ3) is 7.70. The van der Waals surface area contributed by atoms with Crippen LogP contribution >= 0.6 is 11.3 Å². The molecule has 6 heteroatoms. The third-order valence-electron chi connectivity index (χ3n) is 3.89. The van der Waals surface area contributed by atoms with E-state index in [1.54, 1.807) is 30.3 Å². The maximum Gasteiger partial charge on any atom is 0.243 e. The van der Waals surface area contributed by atoms with Crippen LogP contribution in [0.15, 0.2) is 52.8 Å². The van der Waals surface area contributed by atoms with E-state index < -0.39 is 0 Å². The Hall–Kier alpha value is -2.34. The minimum Gasteiger partial charge on any atom is -0.356 e. The molecule has 0 aliphatic heterocycles. The molecule has 0 saturated heterocycles. The molecule has 2 aromatic rings. The number of nitrogens with one attached hydrogen (secondary N) is 2. The number of nitrogens with zero attached hydrogens (tertiary/aromatic N) is 2. The molecule has 1 amide bonds. The number of likely N-dealkylation sites (N-methyl/N-ethyl adjacent to an activating group) is 1. The number of carbonyl (C=O) groups is 1. The minimum atomic E-state index is -0.00589. The Morgan fingerprint density at radius 3 is 2.50 bits per heavy atom. The molecule has 1 aromatic carbocycles. The van der Waals surface area contributed by atoms with Crippen LogP contribution in [0.3, 0.4) is 0 Å². The van der Waals surface area contributed by atoms with E-state index in [1.807, 2.05) is 6.07 Å². The van der Waals surface area contributed by atoms with E-state index in [0.29, 0.717) is 5.96 Å². The highest BCUT2D eigenvalue weighted by Gasteiger charge is 2.05. The second-order valence-electron chi connectivity index (χ2n) is 6.23. The van der Waals surface area contributed by atoms with Crippen molar-refractivity contribution in [2.45, 2.75) is 19.3 Å². The molecule has 0 saturated carbocycles. The van der Waals surface area contributed by atoms with Gasteiger partial charge < -0.3 is 15.5 Å². The maximum absolute atomic E-state index is 11.8. The van der Waals surface area contributed by atoms with Crippen LogP contribution in [-0.2, 0) is 17.6 Å². The fourth-order valence-electron chi connectivity index (χ4n) is 2.37. The number of hydrogen-bond acceptors (Lipinski definition) is 3. The van der Waals surface area contributed by atoms with Crippen LogP contribution in [-0.4, -0.2) is 50.5 Å². The number of aliphatic imine (C=N–C) groups is 1. The Morgan fingerprint density at radius 2 is 1.81 bits per heavy atom. The average Bonchev–Trinajstić information content (AvgIpc) is 3.16. The summed E-state index contributed by atoms with van der Waals surface area (Å²) in [5.41, 5.74) is 1.33. The molecule has 0 atom stereocenters. The van der Waals surface area contributed by atoms with Gasteiger partial charge in [0.05, 0.1) is 0 Å². The van der Waals surface area contributed by atoms with Crippen molar-refractivity contribution in [2.24, 2.45) is 4.99 Å². The molecule has 26 heavy (non-hydrogen) atoms. The van der Waals surface area contributed by atoms with Gasteiger partial charge in [0.1, 0.15) is 6.54 Å². The monoisotopic (exact) mass is 372 g/mol. The Balaban J connectivity index is 1.78. The van der Waals surface area contributed by atoms with Crippen molar-refractivity contribution in [3.63, 3.8) is 0 Å². The Labute approximate surface area is 160 Å². The largest absolute Gasteiger partial charge is 0.356 e. The molecule has 1 heterocycles.